The van der Waals surface area contributed by atoms with Crippen LogP contribution in [0.1, 0.15) is 44.2 Å². The zero-order chi connectivity index (χ0) is 21.1. The number of rotatable bonds is 4. The lowest BCUT2D eigenvalue weighted by Gasteiger charge is -2.37. The van der Waals surface area contributed by atoms with Crippen molar-refractivity contribution in [1.29, 1.82) is 0 Å². The summed E-state index contributed by atoms with van der Waals surface area (Å²) in [6, 6.07) is 8.06. The fourth-order valence-corrected chi connectivity index (χ4v) is 4.41. The molecule has 2 aliphatic rings. The van der Waals surface area contributed by atoms with Gasteiger partial charge in [0.25, 0.3) is 0 Å². The summed E-state index contributed by atoms with van der Waals surface area (Å²) in [5.74, 6) is -0.0195. The molecule has 1 aromatic carbocycles. The van der Waals surface area contributed by atoms with Crippen LogP contribution in [-0.2, 0) is 4.79 Å². The lowest BCUT2D eigenvalue weighted by Crippen LogP contribution is -2.50. The van der Waals surface area contributed by atoms with E-state index in [9.17, 15) is 9.59 Å². The summed E-state index contributed by atoms with van der Waals surface area (Å²) in [7, 11) is 1.86. The van der Waals surface area contributed by atoms with E-state index in [1.165, 1.54) is 6.33 Å². The number of hydrogen-bond acceptors (Lipinski definition) is 4. The predicted octanol–water partition coefficient (Wildman–Crippen LogP) is 2.71. The van der Waals surface area contributed by atoms with Gasteiger partial charge in [0.2, 0.25) is 5.91 Å². The largest absolute Gasteiger partial charge is 0.339 e. The number of amides is 3. The van der Waals surface area contributed by atoms with Crippen molar-refractivity contribution in [2.45, 2.75) is 38.6 Å². The Morgan fingerprint density at radius 1 is 1.07 bits per heavy atom. The third-order valence-electron chi connectivity index (χ3n) is 6.41. The van der Waals surface area contributed by atoms with Gasteiger partial charge in [-0.25, -0.2) is 14.5 Å². The minimum Gasteiger partial charge on any atom is -0.339 e. The molecule has 8 nitrogen and oxygen atoms in total. The van der Waals surface area contributed by atoms with Gasteiger partial charge in [-0.2, -0.15) is 5.10 Å². The van der Waals surface area contributed by atoms with Crippen LogP contribution in [-0.4, -0.2) is 74.6 Å². The van der Waals surface area contributed by atoms with Gasteiger partial charge < -0.3 is 14.7 Å². The smallest absolute Gasteiger partial charge is 0.320 e. The first-order valence-corrected chi connectivity index (χ1v) is 10.8. The van der Waals surface area contributed by atoms with Crippen LogP contribution in [0.3, 0.4) is 0 Å². The van der Waals surface area contributed by atoms with Gasteiger partial charge in [-0.3, -0.25) is 4.79 Å². The molecule has 1 aromatic heterocycles. The van der Waals surface area contributed by atoms with Crippen molar-refractivity contribution in [1.82, 2.24) is 29.5 Å². The molecule has 0 saturated carbocycles. The standard InChI is InChI=1S/C22H30N6O2/c1-17(18-7-9-20(10-8-18)28-16-23-15-24-28)25(2)21(29)19-6-5-13-27(14-19)22(30)26-11-3-4-12-26/h7-10,15-17,19H,3-6,11-14H2,1-2H3. The number of carbonyl (C=O) groups excluding carboxylic acids is 2. The van der Waals surface area contributed by atoms with Gasteiger partial charge in [0, 0.05) is 33.2 Å². The van der Waals surface area contributed by atoms with E-state index in [0.29, 0.717) is 6.54 Å². The van der Waals surface area contributed by atoms with E-state index in [1.807, 2.05) is 52.9 Å². The van der Waals surface area contributed by atoms with E-state index < -0.39 is 0 Å². The highest BCUT2D eigenvalue weighted by Gasteiger charge is 2.33. The second-order valence-corrected chi connectivity index (χ2v) is 8.32. The van der Waals surface area contributed by atoms with Crippen LogP contribution < -0.4 is 0 Å². The maximum absolute atomic E-state index is 13.2. The SMILES string of the molecule is CC(c1ccc(-n2cncn2)cc1)N(C)C(=O)C1CCCN(C(=O)N2CCCC2)C1. The van der Waals surface area contributed by atoms with Crippen molar-refractivity contribution in [3.05, 3.63) is 42.5 Å². The van der Waals surface area contributed by atoms with Crippen LogP contribution >= 0.6 is 0 Å². The topological polar surface area (TPSA) is 74.6 Å². The molecule has 0 radical (unpaired) electrons. The average molecular weight is 411 g/mol. The Morgan fingerprint density at radius 3 is 2.43 bits per heavy atom. The molecule has 3 amide bonds. The van der Waals surface area contributed by atoms with Gasteiger partial charge in [-0.1, -0.05) is 12.1 Å². The molecule has 2 aliphatic heterocycles. The highest BCUT2D eigenvalue weighted by Crippen LogP contribution is 2.26. The maximum atomic E-state index is 13.2. The highest BCUT2D eigenvalue weighted by molar-refractivity contribution is 5.81. The van der Waals surface area contributed by atoms with Gasteiger partial charge in [-0.15, -0.1) is 0 Å². The predicted molar refractivity (Wildman–Crippen MR) is 113 cm³/mol. The molecule has 0 spiro atoms. The molecule has 2 saturated heterocycles. The molecular weight excluding hydrogens is 380 g/mol. The molecule has 160 valence electrons. The average Bonchev–Trinajstić information content (AvgIpc) is 3.52. The van der Waals surface area contributed by atoms with Crippen LogP contribution in [0.5, 0.6) is 0 Å². The number of aromatic nitrogens is 3. The minimum atomic E-state index is -0.132. The first kappa shape index (κ1) is 20.4. The Hall–Kier alpha value is -2.90. The van der Waals surface area contributed by atoms with Gasteiger partial charge in [-0.05, 0) is 50.3 Å². The van der Waals surface area contributed by atoms with Crippen molar-refractivity contribution in [3.63, 3.8) is 0 Å². The van der Waals surface area contributed by atoms with E-state index in [2.05, 4.69) is 10.1 Å². The summed E-state index contributed by atoms with van der Waals surface area (Å²) in [6.45, 7) is 5.00. The van der Waals surface area contributed by atoms with Crippen molar-refractivity contribution in [3.8, 4) is 5.69 Å². The molecule has 30 heavy (non-hydrogen) atoms. The summed E-state index contributed by atoms with van der Waals surface area (Å²) >= 11 is 0. The number of piperidine rings is 1. The second-order valence-electron chi connectivity index (χ2n) is 8.32. The number of likely N-dealkylation sites (tertiary alicyclic amines) is 2. The van der Waals surface area contributed by atoms with E-state index in [1.54, 1.807) is 11.0 Å². The zero-order valence-corrected chi connectivity index (χ0v) is 17.8. The van der Waals surface area contributed by atoms with E-state index in [4.69, 9.17) is 0 Å². The fourth-order valence-electron chi connectivity index (χ4n) is 4.41. The summed E-state index contributed by atoms with van der Waals surface area (Å²) in [6.07, 6.45) is 7.04. The van der Waals surface area contributed by atoms with Crippen molar-refractivity contribution in [2.24, 2.45) is 5.92 Å². The quantitative estimate of drug-likeness (QED) is 0.777. The number of hydrogen-bond donors (Lipinski definition) is 0. The maximum Gasteiger partial charge on any atom is 0.320 e. The lowest BCUT2D eigenvalue weighted by molar-refractivity contribution is -0.137. The van der Waals surface area contributed by atoms with E-state index >= 15 is 0 Å². The summed E-state index contributed by atoms with van der Waals surface area (Å²) in [5.41, 5.74) is 2.00. The van der Waals surface area contributed by atoms with Gasteiger partial charge in [0.1, 0.15) is 12.7 Å². The second kappa shape index (κ2) is 8.85. The Labute approximate surface area is 177 Å². The van der Waals surface area contributed by atoms with Gasteiger partial charge >= 0.3 is 6.03 Å². The van der Waals surface area contributed by atoms with Crippen LogP contribution in [0.25, 0.3) is 5.69 Å². The third-order valence-corrected chi connectivity index (χ3v) is 6.41. The number of nitrogens with zero attached hydrogens (tertiary/aromatic N) is 6. The van der Waals surface area contributed by atoms with Gasteiger partial charge in [0.05, 0.1) is 17.6 Å². The molecule has 0 aliphatic carbocycles. The molecule has 2 atom stereocenters. The molecule has 0 N–H and O–H groups in total. The molecule has 2 unspecified atom stereocenters. The molecule has 2 aromatic rings. The summed E-state index contributed by atoms with van der Waals surface area (Å²) < 4.78 is 1.71. The third kappa shape index (κ3) is 4.17. The molecule has 3 heterocycles. The normalized spacial score (nSPS) is 20.3. The molecule has 8 heteroatoms. The zero-order valence-electron chi connectivity index (χ0n) is 17.8. The fraction of sp³-hybridized carbons (Fsp3) is 0.545. The van der Waals surface area contributed by atoms with Crippen LogP contribution in [0.2, 0.25) is 0 Å². The van der Waals surface area contributed by atoms with Crippen LogP contribution in [0.15, 0.2) is 36.9 Å². The highest BCUT2D eigenvalue weighted by atomic mass is 16.2. The van der Waals surface area contributed by atoms with Crippen LogP contribution in [0.4, 0.5) is 4.79 Å². The van der Waals surface area contributed by atoms with Crippen molar-refractivity contribution < 1.29 is 9.59 Å². The Balaban J connectivity index is 1.39. The van der Waals surface area contributed by atoms with Crippen molar-refractivity contribution in [2.75, 3.05) is 33.2 Å². The van der Waals surface area contributed by atoms with Crippen LogP contribution in [0, 0.1) is 5.92 Å². The van der Waals surface area contributed by atoms with E-state index in [0.717, 1.165) is 56.6 Å². The first-order valence-electron chi connectivity index (χ1n) is 10.8. The molecule has 2 fully saturated rings. The molecule has 4 rings (SSSR count). The Bertz CT molecular complexity index is 860. The summed E-state index contributed by atoms with van der Waals surface area (Å²) in [5, 5.41) is 4.14. The monoisotopic (exact) mass is 410 g/mol. The van der Waals surface area contributed by atoms with Crippen molar-refractivity contribution >= 4 is 11.9 Å². The number of carbonyl (C=O) groups is 2. The Morgan fingerprint density at radius 2 is 1.77 bits per heavy atom. The minimum absolute atomic E-state index is 0.0491. The molecular formula is C22H30N6O2. The van der Waals surface area contributed by atoms with E-state index in [-0.39, 0.29) is 23.9 Å². The first-order chi connectivity index (χ1) is 14.5. The summed E-state index contributed by atoms with van der Waals surface area (Å²) in [4.78, 5) is 35.5. The Kier molecular flexibility index (Phi) is 6.01. The number of urea groups is 1. The number of benzene rings is 1. The lowest BCUT2D eigenvalue weighted by atomic mass is 9.95. The van der Waals surface area contributed by atoms with Gasteiger partial charge in [0.15, 0.2) is 0 Å². The molecule has 0 bridgehead atoms.